The Morgan fingerprint density at radius 3 is 2.17 bits per heavy atom. The Balaban J connectivity index is 2.14. The number of nitrogens with zero attached hydrogens (tertiary/aromatic N) is 2. The Morgan fingerprint density at radius 2 is 1.59 bits per heavy atom. The van der Waals surface area contributed by atoms with Crippen molar-refractivity contribution >= 4 is 59.1 Å². The average molecular weight is 837 g/mol. The third kappa shape index (κ3) is 16.8. The fourth-order valence-corrected chi connectivity index (χ4v) is 6.64. The molecule has 0 aromatic heterocycles. The van der Waals surface area contributed by atoms with E-state index in [1.165, 1.54) is 35.7 Å². The second-order valence-electron chi connectivity index (χ2n) is 14.6. The first-order valence-electron chi connectivity index (χ1n) is 19.1. The topological polar surface area (TPSA) is 334 Å². The molecule has 1 saturated heterocycles. The molecule has 0 unspecified atom stereocenters. The molecular formula is C37H60N10O10S. The van der Waals surface area contributed by atoms with Gasteiger partial charge in [0.15, 0.2) is 5.96 Å². The molecule has 2 rings (SSSR count). The van der Waals surface area contributed by atoms with Crippen LogP contribution in [0.3, 0.4) is 0 Å². The molecule has 1 aliphatic rings. The molecular weight excluding hydrogens is 777 g/mol. The van der Waals surface area contributed by atoms with Crippen molar-refractivity contribution in [2.45, 2.75) is 108 Å². The molecule has 1 aliphatic heterocycles. The number of aromatic hydroxyl groups is 1. The maximum absolute atomic E-state index is 13.8. The second-order valence-corrected chi connectivity index (χ2v) is 15.5. The van der Waals surface area contributed by atoms with Crippen LogP contribution in [0.5, 0.6) is 5.75 Å². The van der Waals surface area contributed by atoms with E-state index in [0.29, 0.717) is 24.2 Å². The monoisotopic (exact) mass is 836 g/mol. The fourth-order valence-electron chi connectivity index (χ4n) is 6.17. The maximum atomic E-state index is 13.8. The van der Waals surface area contributed by atoms with Gasteiger partial charge in [-0.25, -0.2) is 4.79 Å². The summed E-state index contributed by atoms with van der Waals surface area (Å²) >= 11 is 1.44. The third-order valence-electron chi connectivity index (χ3n) is 9.20. The quantitative estimate of drug-likeness (QED) is 0.0295. The number of carbonyl (C=O) groups is 7. The summed E-state index contributed by atoms with van der Waals surface area (Å²) in [5.74, 6) is -5.25. The zero-order chi connectivity index (χ0) is 43.5. The highest BCUT2D eigenvalue weighted by Gasteiger charge is 2.39. The molecule has 0 bridgehead atoms. The van der Waals surface area contributed by atoms with Crippen molar-refractivity contribution in [1.29, 1.82) is 0 Å². The summed E-state index contributed by atoms with van der Waals surface area (Å²) in [6.45, 7) is 4.65. The summed E-state index contributed by atoms with van der Waals surface area (Å²) in [6, 6.07) is -1.06. The molecule has 1 heterocycles. The number of nitrogens with one attached hydrogen (secondary N) is 5. The van der Waals surface area contributed by atoms with Gasteiger partial charge in [0.05, 0.1) is 18.7 Å². The highest BCUT2D eigenvalue weighted by Crippen LogP contribution is 2.21. The Bertz CT molecular complexity index is 1590. The number of guanidine groups is 1. The van der Waals surface area contributed by atoms with Crippen molar-refractivity contribution < 1.29 is 48.9 Å². The maximum Gasteiger partial charge on any atom is 0.326 e. The molecule has 0 spiro atoms. The summed E-state index contributed by atoms with van der Waals surface area (Å²) in [6.07, 6.45) is 1.84. The van der Waals surface area contributed by atoms with Gasteiger partial charge in [-0.3, -0.25) is 33.8 Å². The number of thioether (sulfide) groups is 1. The predicted octanol–water partition coefficient (Wildman–Crippen LogP) is -2.37. The highest BCUT2D eigenvalue weighted by molar-refractivity contribution is 7.98. The Morgan fingerprint density at radius 1 is 0.914 bits per heavy atom. The van der Waals surface area contributed by atoms with E-state index in [4.69, 9.17) is 17.2 Å². The van der Waals surface area contributed by atoms with Crippen molar-refractivity contribution in [2.75, 3.05) is 31.6 Å². The summed E-state index contributed by atoms with van der Waals surface area (Å²) in [4.78, 5) is 97.0. The Hall–Kier alpha value is -5.15. The van der Waals surface area contributed by atoms with Gasteiger partial charge in [0.1, 0.15) is 36.0 Å². The normalized spacial score (nSPS) is 16.8. The van der Waals surface area contributed by atoms with Crippen molar-refractivity contribution in [3.63, 3.8) is 0 Å². The molecule has 0 aliphatic carbocycles. The van der Waals surface area contributed by atoms with Crippen LogP contribution in [0.1, 0.15) is 64.9 Å². The number of phenolic OH excluding ortho intramolecular Hbond substituents is 1. The smallest absolute Gasteiger partial charge is 0.326 e. The minimum Gasteiger partial charge on any atom is -0.508 e. The van der Waals surface area contributed by atoms with E-state index >= 15 is 0 Å². The predicted molar refractivity (Wildman–Crippen MR) is 217 cm³/mol. The van der Waals surface area contributed by atoms with E-state index in [1.807, 2.05) is 20.1 Å². The summed E-state index contributed by atoms with van der Waals surface area (Å²) in [5.41, 5.74) is 17.5. The number of aliphatic hydroxyl groups excluding tert-OH is 1. The number of rotatable bonds is 24. The van der Waals surface area contributed by atoms with E-state index in [-0.39, 0.29) is 62.8 Å². The van der Waals surface area contributed by atoms with Gasteiger partial charge in [-0.05, 0) is 87.5 Å². The molecule has 7 atom stereocenters. The van der Waals surface area contributed by atoms with E-state index in [9.17, 15) is 48.9 Å². The fraction of sp³-hybridized carbons (Fsp3) is 0.622. The number of aliphatic hydroxyl groups is 1. The van der Waals surface area contributed by atoms with Crippen molar-refractivity contribution in [3.8, 4) is 5.75 Å². The first-order valence-corrected chi connectivity index (χ1v) is 20.5. The number of phenols is 1. The van der Waals surface area contributed by atoms with Crippen LogP contribution >= 0.6 is 11.8 Å². The number of hydrogen-bond donors (Lipinski definition) is 11. The van der Waals surface area contributed by atoms with Crippen LogP contribution < -0.4 is 43.8 Å². The van der Waals surface area contributed by atoms with Crippen LogP contribution in [0.25, 0.3) is 0 Å². The minimum atomic E-state index is -1.53. The lowest BCUT2D eigenvalue weighted by molar-refractivity contribution is -0.145. The summed E-state index contributed by atoms with van der Waals surface area (Å²) in [7, 11) is 0. The summed E-state index contributed by atoms with van der Waals surface area (Å²) < 4.78 is 0. The standard InChI is InChI=1S/C37H60N10O10S/c1-20(2)17-27(35(55)47-15-6-8-28(47)33(53)45-26(36(56)57)13-16-58-4)43-29(50)19-42-32(52)25(7-5-14-41-37(39)40)44-34(54)30(21(3)48)46-31(51)24(38)18-22-9-11-23(49)12-10-22/h9-12,20-21,24-28,30,48-49H,5-8,13-19,38H2,1-4H3,(H,42,52)(H,43,50)(H,44,54)(H,45,53)(H,46,51)(H,56,57)(H4,39,40,41)/t21-,24+,25+,26+,27+,28+,30+/m1/s1. The number of aliphatic carboxylic acids is 1. The van der Waals surface area contributed by atoms with E-state index in [0.717, 1.165) is 0 Å². The SMILES string of the molecule is CSCC[C@H](NC(=O)[C@@H]1CCCN1C(=O)[C@H](CC(C)C)NC(=O)CNC(=O)[C@H](CCCN=C(N)N)NC(=O)[C@@H](NC(=O)[C@@H](N)Cc1ccc(O)cc1)[C@@H](C)O)C(=O)O. The van der Waals surface area contributed by atoms with Gasteiger partial charge in [-0.2, -0.15) is 11.8 Å². The van der Waals surface area contributed by atoms with Crippen LogP contribution in [0.2, 0.25) is 0 Å². The van der Waals surface area contributed by atoms with Crippen LogP contribution in [-0.2, 0) is 40.0 Å². The zero-order valence-corrected chi connectivity index (χ0v) is 34.3. The van der Waals surface area contributed by atoms with Gasteiger partial charge in [-0.1, -0.05) is 26.0 Å². The summed E-state index contributed by atoms with van der Waals surface area (Å²) in [5, 5.41) is 42.1. The molecule has 1 aromatic rings. The molecule has 0 radical (unpaired) electrons. The second kappa shape index (κ2) is 24.6. The van der Waals surface area contributed by atoms with E-state index in [1.54, 1.807) is 12.1 Å². The van der Waals surface area contributed by atoms with Gasteiger partial charge >= 0.3 is 5.97 Å². The van der Waals surface area contributed by atoms with Crippen molar-refractivity contribution in [2.24, 2.45) is 28.1 Å². The highest BCUT2D eigenvalue weighted by atomic mass is 32.2. The molecule has 21 heteroatoms. The number of aliphatic imine (C=N–C) groups is 1. The Labute approximate surface area is 342 Å². The van der Waals surface area contributed by atoms with Gasteiger partial charge in [-0.15, -0.1) is 0 Å². The lowest BCUT2D eigenvalue weighted by atomic mass is 10.0. The first kappa shape index (κ1) is 49.0. The van der Waals surface area contributed by atoms with Crippen molar-refractivity contribution in [1.82, 2.24) is 31.5 Å². The number of carboxylic acids is 1. The number of carbonyl (C=O) groups excluding carboxylic acids is 6. The number of hydrogen-bond acceptors (Lipinski definition) is 12. The molecule has 14 N–H and O–H groups in total. The van der Waals surface area contributed by atoms with Gasteiger partial charge in [0.25, 0.3) is 0 Å². The van der Waals surface area contributed by atoms with Crippen LogP contribution in [0, 0.1) is 5.92 Å². The van der Waals surface area contributed by atoms with Crippen LogP contribution in [0.4, 0.5) is 0 Å². The molecule has 1 aromatic carbocycles. The third-order valence-corrected chi connectivity index (χ3v) is 9.84. The molecule has 6 amide bonds. The number of amides is 6. The van der Waals surface area contributed by atoms with E-state index in [2.05, 4.69) is 31.6 Å². The minimum absolute atomic E-state index is 0.0241. The molecule has 0 saturated carbocycles. The molecule has 324 valence electrons. The Kier molecular flexibility index (Phi) is 20.8. The lowest BCUT2D eigenvalue weighted by Gasteiger charge is -2.30. The average Bonchev–Trinajstić information content (AvgIpc) is 3.65. The van der Waals surface area contributed by atoms with Gasteiger partial charge in [0, 0.05) is 13.1 Å². The molecule has 58 heavy (non-hydrogen) atoms. The number of benzene rings is 1. The van der Waals surface area contributed by atoms with Gasteiger partial charge in [0.2, 0.25) is 35.4 Å². The van der Waals surface area contributed by atoms with Gasteiger partial charge < -0.3 is 64.0 Å². The number of carboxylic acid groups (broad SMARTS) is 1. The number of nitrogens with two attached hydrogens (primary N) is 3. The van der Waals surface area contributed by atoms with E-state index < -0.39 is 90.3 Å². The lowest BCUT2D eigenvalue weighted by Crippen LogP contribution is -2.59. The zero-order valence-electron chi connectivity index (χ0n) is 33.4. The van der Waals surface area contributed by atoms with Crippen molar-refractivity contribution in [3.05, 3.63) is 29.8 Å². The van der Waals surface area contributed by atoms with Crippen LogP contribution in [0.15, 0.2) is 29.3 Å². The molecule has 20 nitrogen and oxygen atoms in total. The largest absolute Gasteiger partial charge is 0.508 e. The first-order chi connectivity index (χ1) is 27.3. The van der Waals surface area contributed by atoms with Crippen LogP contribution in [-0.4, -0.2) is 142 Å². The molecule has 1 fully saturated rings. The number of likely N-dealkylation sites (tertiary alicyclic amines) is 1.